The molecule has 0 bridgehead atoms. The molecule has 1 amide bonds. The van der Waals surface area contributed by atoms with Crippen LogP contribution in [0.4, 0.5) is 0 Å². The maximum absolute atomic E-state index is 11.9. The molecule has 4 heteroatoms. The average Bonchev–Trinajstić information content (AvgIpc) is 2.15. The van der Waals surface area contributed by atoms with Gasteiger partial charge in [0, 0.05) is 20.1 Å². The lowest BCUT2D eigenvalue weighted by Gasteiger charge is -2.38. The number of aliphatic hydroxyl groups is 1. The molecule has 1 aliphatic heterocycles. The number of hydrogen-bond acceptors (Lipinski definition) is 3. The average molecular weight is 212 g/mol. The highest BCUT2D eigenvalue weighted by atomic mass is 16.3. The first-order valence-corrected chi connectivity index (χ1v) is 5.85. The fraction of sp³-hybridized carbons (Fsp3) is 0.909. The molecule has 2 aliphatic rings. The number of amides is 1. The van der Waals surface area contributed by atoms with Crippen molar-refractivity contribution in [1.29, 1.82) is 0 Å². The molecular formula is C11H20N2O2. The molecular weight excluding hydrogens is 192 g/mol. The fourth-order valence-corrected chi connectivity index (χ4v) is 2.46. The van der Waals surface area contributed by atoms with E-state index < -0.39 is 0 Å². The van der Waals surface area contributed by atoms with Crippen molar-refractivity contribution >= 4 is 5.91 Å². The Labute approximate surface area is 90.6 Å². The number of carbonyl (C=O) groups is 1. The summed E-state index contributed by atoms with van der Waals surface area (Å²) in [7, 11) is 1.83. The quantitative estimate of drug-likeness (QED) is 0.676. The van der Waals surface area contributed by atoms with Gasteiger partial charge in [-0.15, -0.1) is 0 Å². The SMILES string of the molecule is CN(C(=O)C1CNC1)C1CCCCC1O. The predicted octanol–water partition coefficient (Wildman–Crippen LogP) is -0.0323. The van der Waals surface area contributed by atoms with Crippen LogP contribution in [0.2, 0.25) is 0 Å². The third kappa shape index (κ3) is 2.16. The van der Waals surface area contributed by atoms with E-state index in [1.54, 1.807) is 4.90 Å². The first kappa shape index (κ1) is 10.9. The van der Waals surface area contributed by atoms with Crippen molar-refractivity contribution in [1.82, 2.24) is 10.2 Å². The van der Waals surface area contributed by atoms with E-state index in [-0.39, 0.29) is 24.0 Å². The van der Waals surface area contributed by atoms with Crippen LogP contribution in [0.15, 0.2) is 0 Å². The first-order valence-electron chi connectivity index (χ1n) is 5.85. The van der Waals surface area contributed by atoms with E-state index in [4.69, 9.17) is 0 Å². The van der Waals surface area contributed by atoms with E-state index in [1.165, 1.54) is 0 Å². The van der Waals surface area contributed by atoms with E-state index >= 15 is 0 Å². The Kier molecular flexibility index (Phi) is 3.26. The lowest BCUT2D eigenvalue weighted by molar-refractivity contribution is -0.141. The number of hydrogen-bond donors (Lipinski definition) is 2. The molecule has 2 unspecified atom stereocenters. The summed E-state index contributed by atoms with van der Waals surface area (Å²) in [6.45, 7) is 1.60. The number of carbonyl (C=O) groups excluding carboxylic acids is 1. The highest BCUT2D eigenvalue weighted by Gasteiger charge is 2.34. The Morgan fingerprint density at radius 2 is 2.00 bits per heavy atom. The Morgan fingerprint density at radius 3 is 2.53 bits per heavy atom. The van der Waals surface area contributed by atoms with Crippen LogP contribution < -0.4 is 5.32 Å². The van der Waals surface area contributed by atoms with Crippen LogP contribution in [0, 0.1) is 5.92 Å². The third-order valence-corrected chi connectivity index (χ3v) is 3.67. The molecule has 2 N–H and O–H groups in total. The maximum Gasteiger partial charge on any atom is 0.228 e. The second-order valence-electron chi connectivity index (χ2n) is 4.72. The molecule has 1 heterocycles. The van der Waals surface area contributed by atoms with Crippen molar-refractivity contribution in [2.45, 2.75) is 37.8 Å². The number of aliphatic hydroxyl groups excluding tert-OH is 1. The van der Waals surface area contributed by atoms with Gasteiger partial charge in [-0.05, 0) is 12.8 Å². The summed E-state index contributed by atoms with van der Waals surface area (Å²) in [6, 6.07) is 0.0480. The molecule has 0 spiro atoms. The van der Waals surface area contributed by atoms with E-state index in [9.17, 15) is 9.90 Å². The lowest BCUT2D eigenvalue weighted by atomic mass is 9.90. The van der Waals surface area contributed by atoms with Gasteiger partial charge in [0.15, 0.2) is 0 Å². The summed E-state index contributed by atoms with van der Waals surface area (Å²) in [5, 5.41) is 13.0. The van der Waals surface area contributed by atoms with Crippen molar-refractivity contribution in [2.75, 3.05) is 20.1 Å². The topological polar surface area (TPSA) is 52.6 Å². The van der Waals surface area contributed by atoms with Gasteiger partial charge in [0.25, 0.3) is 0 Å². The number of rotatable bonds is 2. The number of nitrogens with one attached hydrogen (secondary N) is 1. The molecule has 0 aromatic heterocycles. The predicted molar refractivity (Wildman–Crippen MR) is 57.4 cm³/mol. The second kappa shape index (κ2) is 4.49. The van der Waals surface area contributed by atoms with Gasteiger partial charge in [-0.3, -0.25) is 4.79 Å². The van der Waals surface area contributed by atoms with Crippen molar-refractivity contribution in [2.24, 2.45) is 5.92 Å². The minimum atomic E-state index is -0.319. The van der Waals surface area contributed by atoms with E-state index in [1.807, 2.05) is 7.05 Å². The molecule has 86 valence electrons. The van der Waals surface area contributed by atoms with Crippen LogP contribution >= 0.6 is 0 Å². The minimum Gasteiger partial charge on any atom is -0.391 e. The van der Waals surface area contributed by atoms with Gasteiger partial charge in [0.05, 0.1) is 18.1 Å². The summed E-state index contributed by atoms with van der Waals surface area (Å²) in [5.74, 6) is 0.337. The summed E-state index contributed by atoms with van der Waals surface area (Å²) in [4.78, 5) is 13.7. The van der Waals surface area contributed by atoms with E-state index in [2.05, 4.69) is 5.32 Å². The molecule has 0 aromatic rings. The fourth-order valence-electron chi connectivity index (χ4n) is 2.46. The molecule has 0 aromatic carbocycles. The molecule has 2 rings (SSSR count). The van der Waals surface area contributed by atoms with Crippen LogP contribution in [0.1, 0.15) is 25.7 Å². The smallest absolute Gasteiger partial charge is 0.228 e. The van der Waals surface area contributed by atoms with Crippen LogP contribution in [0.3, 0.4) is 0 Å². The molecule has 2 atom stereocenters. The Bertz CT molecular complexity index is 241. The molecule has 1 aliphatic carbocycles. The van der Waals surface area contributed by atoms with Gasteiger partial charge in [0.1, 0.15) is 0 Å². The van der Waals surface area contributed by atoms with E-state index in [0.29, 0.717) is 0 Å². The lowest BCUT2D eigenvalue weighted by Crippen LogP contribution is -2.55. The molecule has 1 saturated heterocycles. The monoisotopic (exact) mass is 212 g/mol. The summed E-state index contributed by atoms with van der Waals surface area (Å²) in [5.41, 5.74) is 0. The van der Waals surface area contributed by atoms with Gasteiger partial charge >= 0.3 is 0 Å². The Balaban J connectivity index is 1.92. The third-order valence-electron chi connectivity index (χ3n) is 3.67. The number of likely N-dealkylation sites (N-methyl/N-ethyl adjacent to an activating group) is 1. The first-order chi connectivity index (χ1) is 7.20. The second-order valence-corrected chi connectivity index (χ2v) is 4.72. The van der Waals surface area contributed by atoms with Crippen molar-refractivity contribution in [3.8, 4) is 0 Å². The Hall–Kier alpha value is -0.610. The van der Waals surface area contributed by atoms with Crippen LogP contribution in [0.5, 0.6) is 0 Å². The highest BCUT2D eigenvalue weighted by Crippen LogP contribution is 2.23. The summed E-state index contributed by atoms with van der Waals surface area (Å²) < 4.78 is 0. The van der Waals surface area contributed by atoms with E-state index in [0.717, 1.165) is 38.8 Å². The van der Waals surface area contributed by atoms with Crippen molar-refractivity contribution < 1.29 is 9.90 Å². The largest absolute Gasteiger partial charge is 0.391 e. The van der Waals surface area contributed by atoms with Gasteiger partial charge in [0.2, 0.25) is 5.91 Å². The normalized spacial score (nSPS) is 32.1. The highest BCUT2D eigenvalue weighted by molar-refractivity contribution is 5.80. The number of nitrogens with zero attached hydrogens (tertiary/aromatic N) is 1. The Morgan fingerprint density at radius 1 is 1.33 bits per heavy atom. The van der Waals surface area contributed by atoms with Gasteiger partial charge in [-0.2, -0.15) is 0 Å². The summed E-state index contributed by atoms with van der Waals surface area (Å²) in [6.07, 6.45) is 3.68. The minimum absolute atomic E-state index is 0.0480. The molecule has 1 saturated carbocycles. The van der Waals surface area contributed by atoms with Gasteiger partial charge in [-0.1, -0.05) is 12.8 Å². The summed E-state index contributed by atoms with van der Waals surface area (Å²) >= 11 is 0. The zero-order valence-electron chi connectivity index (χ0n) is 9.28. The van der Waals surface area contributed by atoms with Crippen LogP contribution in [-0.2, 0) is 4.79 Å². The zero-order valence-corrected chi connectivity index (χ0v) is 9.28. The van der Waals surface area contributed by atoms with Crippen LogP contribution in [-0.4, -0.2) is 48.2 Å². The van der Waals surface area contributed by atoms with Gasteiger partial charge in [-0.25, -0.2) is 0 Å². The molecule has 2 fully saturated rings. The molecule has 15 heavy (non-hydrogen) atoms. The zero-order chi connectivity index (χ0) is 10.8. The van der Waals surface area contributed by atoms with Gasteiger partial charge < -0.3 is 15.3 Å². The van der Waals surface area contributed by atoms with Crippen LogP contribution in [0.25, 0.3) is 0 Å². The molecule has 0 radical (unpaired) electrons. The molecule has 4 nitrogen and oxygen atoms in total. The standard InChI is InChI=1S/C11H20N2O2/c1-13(11(15)8-6-12-7-8)9-4-2-3-5-10(9)14/h8-10,12,14H,2-7H2,1H3. The maximum atomic E-state index is 11.9. The van der Waals surface area contributed by atoms with Crippen molar-refractivity contribution in [3.05, 3.63) is 0 Å². The van der Waals surface area contributed by atoms with Crippen molar-refractivity contribution in [3.63, 3.8) is 0 Å².